The molecule has 2 aromatic carbocycles. The molecule has 3 N–H and O–H groups in total. The van der Waals surface area contributed by atoms with Gasteiger partial charge in [0.2, 0.25) is 0 Å². The fourth-order valence-electron chi connectivity index (χ4n) is 4.21. The quantitative estimate of drug-likeness (QED) is 0.492. The number of nitrogens with two attached hydrogens (primary N) is 1. The molecule has 2 heterocycles. The van der Waals surface area contributed by atoms with Crippen molar-refractivity contribution < 1.29 is 17.9 Å². The summed E-state index contributed by atoms with van der Waals surface area (Å²) < 4.78 is 43.0. The fourth-order valence-corrected chi connectivity index (χ4v) is 5.75. The van der Waals surface area contributed by atoms with Crippen LogP contribution in [0.4, 0.5) is 4.39 Å². The molecular formula is C23H21FN4O3S. The summed E-state index contributed by atoms with van der Waals surface area (Å²) in [6.45, 7) is 1.57. The molecule has 0 radical (unpaired) electrons. The third-order valence-electron chi connectivity index (χ3n) is 5.88. The zero-order valence-electron chi connectivity index (χ0n) is 17.2. The van der Waals surface area contributed by atoms with E-state index in [1.165, 1.54) is 28.5 Å². The largest absolute Gasteiger partial charge is 0.387 e. The predicted octanol–water partition coefficient (Wildman–Crippen LogP) is 3.28. The number of alkyl halides is 1. The van der Waals surface area contributed by atoms with Crippen LogP contribution < -0.4 is 5.73 Å². The standard InChI is InChI=1S/C23H21FN4O3S/c1-13(29)19-11-27-20(12-26-19)22-10-17-16-9-18(24)23(25)15(16)7-8-21(17)28(22)32(30,31)14-5-3-2-4-6-14/h2-8,10-13,18,23,29H,9,25H2,1H3/t13-,18+,23-/m0/s1. The van der Waals surface area contributed by atoms with Gasteiger partial charge in [0.25, 0.3) is 10.0 Å². The maximum absolute atomic E-state index is 14.4. The van der Waals surface area contributed by atoms with Gasteiger partial charge < -0.3 is 10.8 Å². The fraction of sp³-hybridized carbons (Fsp3) is 0.217. The van der Waals surface area contributed by atoms with E-state index in [0.717, 1.165) is 0 Å². The molecule has 5 rings (SSSR count). The van der Waals surface area contributed by atoms with Gasteiger partial charge in [0.05, 0.1) is 46.3 Å². The van der Waals surface area contributed by atoms with Crippen LogP contribution >= 0.6 is 0 Å². The molecule has 0 saturated heterocycles. The van der Waals surface area contributed by atoms with Crippen molar-refractivity contribution in [1.29, 1.82) is 0 Å². The number of nitrogens with zero attached hydrogens (tertiary/aromatic N) is 3. The number of benzene rings is 2. The van der Waals surface area contributed by atoms with Crippen LogP contribution in [-0.2, 0) is 16.4 Å². The van der Waals surface area contributed by atoms with Crippen LogP contribution in [0.1, 0.15) is 35.9 Å². The van der Waals surface area contributed by atoms with Crippen molar-refractivity contribution in [1.82, 2.24) is 13.9 Å². The first-order valence-corrected chi connectivity index (χ1v) is 11.6. The van der Waals surface area contributed by atoms with Gasteiger partial charge in [0.1, 0.15) is 11.9 Å². The van der Waals surface area contributed by atoms with Gasteiger partial charge in [0, 0.05) is 11.8 Å². The summed E-state index contributed by atoms with van der Waals surface area (Å²) in [4.78, 5) is 8.69. The third kappa shape index (κ3) is 3.12. The van der Waals surface area contributed by atoms with Crippen LogP contribution in [0.5, 0.6) is 0 Å². The van der Waals surface area contributed by atoms with Gasteiger partial charge in [-0.25, -0.2) is 16.8 Å². The molecule has 3 atom stereocenters. The average Bonchev–Trinajstić information content (AvgIpc) is 3.33. The topological polar surface area (TPSA) is 111 Å². The first-order valence-electron chi connectivity index (χ1n) is 10.2. The highest BCUT2D eigenvalue weighted by molar-refractivity contribution is 7.90. The van der Waals surface area contributed by atoms with E-state index in [0.29, 0.717) is 39.1 Å². The highest BCUT2D eigenvalue weighted by atomic mass is 32.2. The minimum absolute atomic E-state index is 0.118. The Bertz CT molecular complexity index is 1420. The van der Waals surface area contributed by atoms with Gasteiger partial charge in [-0.2, -0.15) is 0 Å². The summed E-state index contributed by atoms with van der Waals surface area (Å²) >= 11 is 0. The van der Waals surface area contributed by atoms with Crippen LogP contribution in [0.2, 0.25) is 0 Å². The molecule has 0 fully saturated rings. The lowest BCUT2D eigenvalue weighted by atomic mass is 10.0. The lowest BCUT2D eigenvalue weighted by Gasteiger charge is -2.13. The van der Waals surface area contributed by atoms with E-state index in [2.05, 4.69) is 9.97 Å². The summed E-state index contributed by atoms with van der Waals surface area (Å²) in [5.74, 6) is 0. The molecule has 7 nitrogen and oxygen atoms in total. The van der Waals surface area contributed by atoms with Gasteiger partial charge in [-0.05, 0) is 42.3 Å². The molecule has 0 spiro atoms. The summed E-state index contributed by atoms with van der Waals surface area (Å²) in [5, 5.41) is 10.4. The second kappa shape index (κ2) is 7.47. The number of halogens is 1. The maximum Gasteiger partial charge on any atom is 0.268 e. The van der Waals surface area contributed by atoms with Crippen molar-refractivity contribution >= 4 is 20.9 Å². The molecule has 1 aliphatic carbocycles. The number of hydrogen-bond donors (Lipinski definition) is 2. The van der Waals surface area contributed by atoms with Crippen molar-refractivity contribution in [2.24, 2.45) is 5.73 Å². The van der Waals surface area contributed by atoms with Gasteiger partial charge >= 0.3 is 0 Å². The minimum atomic E-state index is -4.00. The van der Waals surface area contributed by atoms with E-state index in [-0.39, 0.29) is 11.3 Å². The first kappa shape index (κ1) is 20.7. The number of rotatable bonds is 4. The van der Waals surface area contributed by atoms with Gasteiger partial charge in [-0.3, -0.25) is 9.97 Å². The van der Waals surface area contributed by atoms with E-state index in [4.69, 9.17) is 5.73 Å². The summed E-state index contributed by atoms with van der Waals surface area (Å²) in [5.41, 5.74) is 8.81. The Kier molecular flexibility index (Phi) is 4.85. The number of aromatic nitrogens is 3. The second-order valence-corrected chi connectivity index (χ2v) is 9.71. The molecule has 9 heteroatoms. The third-order valence-corrected chi connectivity index (χ3v) is 7.62. The summed E-state index contributed by atoms with van der Waals surface area (Å²) in [6.07, 6.45) is 0.932. The Hall–Kier alpha value is -3.14. The number of aliphatic hydroxyl groups is 1. The highest BCUT2D eigenvalue weighted by Gasteiger charge is 2.33. The Morgan fingerprint density at radius 1 is 1.16 bits per heavy atom. The molecule has 32 heavy (non-hydrogen) atoms. The SMILES string of the molecule is C[C@H](O)c1cnc(-c2cc3c4c(ccc3n2S(=O)(=O)c2ccccc2)[C@H](N)[C@H](F)C4)cn1. The van der Waals surface area contributed by atoms with E-state index < -0.39 is 28.3 Å². The number of hydrogen-bond acceptors (Lipinski definition) is 6. The van der Waals surface area contributed by atoms with Crippen molar-refractivity contribution in [3.8, 4) is 11.4 Å². The number of fused-ring (bicyclic) bond motifs is 3. The lowest BCUT2D eigenvalue weighted by Crippen LogP contribution is -2.17. The predicted molar refractivity (Wildman–Crippen MR) is 118 cm³/mol. The Balaban J connectivity index is 1.81. The van der Waals surface area contributed by atoms with Crippen molar-refractivity contribution in [2.45, 2.75) is 36.6 Å². The van der Waals surface area contributed by atoms with Crippen LogP contribution in [0.3, 0.4) is 0 Å². The average molecular weight is 453 g/mol. The molecule has 2 aromatic heterocycles. The van der Waals surface area contributed by atoms with Crippen molar-refractivity contribution in [3.05, 3.63) is 77.7 Å². The van der Waals surface area contributed by atoms with Crippen LogP contribution in [0.15, 0.2) is 65.8 Å². The zero-order chi connectivity index (χ0) is 22.6. The smallest absolute Gasteiger partial charge is 0.268 e. The van der Waals surface area contributed by atoms with Gasteiger partial charge in [0.15, 0.2) is 0 Å². The Morgan fingerprint density at radius 2 is 1.91 bits per heavy atom. The highest BCUT2D eigenvalue weighted by Crippen LogP contribution is 2.40. The van der Waals surface area contributed by atoms with Gasteiger partial charge in [-0.1, -0.05) is 24.3 Å². The second-order valence-electron chi connectivity index (χ2n) is 7.93. The van der Waals surface area contributed by atoms with Crippen molar-refractivity contribution in [3.63, 3.8) is 0 Å². The molecule has 0 bridgehead atoms. The van der Waals surface area contributed by atoms with E-state index in [9.17, 15) is 17.9 Å². The van der Waals surface area contributed by atoms with Crippen LogP contribution in [0.25, 0.3) is 22.3 Å². The molecular weight excluding hydrogens is 431 g/mol. The Labute approximate surface area is 184 Å². The lowest BCUT2D eigenvalue weighted by molar-refractivity contribution is 0.194. The van der Waals surface area contributed by atoms with Crippen LogP contribution in [-0.4, -0.2) is 33.6 Å². The van der Waals surface area contributed by atoms with Crippen LogP contribution in [0, 0.1) is 0 Å². The van der Waals surface area contributed by atoms with Gasteiger partial charge in [-0.15, -0.1) is 0 Å². The first-order chi connectivity index (χ1) is 15.3. The molecule has 164 valence electrons. The minimum Gasteiger partial charge on any atom is -0.387 e. The van der Waals surface area contributed by atoms with E-state index in [1.807, 2.05) is 0 Å². The normalized spacial score (nSPS) is 19.2. The summed E-state index contributed by atoms with van der Waals surface area (Å²) in [7, 11) is -4.00. The Morgan fingerprint density at radius 3 is 2.56 bits per heavy atom. The molecule has 0 saturated carbocycles. The zero-order valence-corrected chi connectivity index (χ0v) is 18.0. The monoisotopic (exact) mass is 452 g/mol. The van der Waals surface area contributed by atoms with E-state index in [1.54, 1.807) is 43.3 Å². The molecule has 0 aliphatic heterocycles. The van der Waals surface area contributed by atoms with E-state index >= 15 is 0 Å². The molecule has 0 unspecified atom stereocenters. The maximum atomic E-state index is 14.4. The van der Waals surface area contributed by atoms with Crippen molar-refractivity contribution in [2.75, 3.05) is 0 Å². The number of aliphatic hydroxyl groups excluding tert-OH is 1. The molecule has 4 aromatic rings. The molecule has 0 amide bonds. The molecule has 1 aliphatic rings. The summed E-state index contributed by atoms with van der Waals surface area (Å²) in [6, 6.07) is 12.4.